The van der Waals surface area contributed by atoms with Crippen molar-refractivity contribution in [1.82, 2.24) is 0 Å². The van der Waals surface area contributed by atoms with Crippen molar-refractivity contribution < 1.29 is 17.9 Å². The second-order valence-corrected chi connectivity index (χ2v) is 5.40. The lowest BCUT2D eigenvalue weighted by Crippen LogP contribution is -2.11. The maximum atomic E-state index is 12.9. The predicted octanol–water partition coefficient (Wildman–Crippen LogP) is 4.47. The topological polar surface area (TPSA) is 35.2 Å². The van der Waals surface area contributed by atoms with E-state index < -0.39 is 11.7 Å². The van der Waals surface area contributed by atoms with Crippen LogP contribution >= 0.6 is 22.6 Å². The quantitative estimate of drug-likeness (QED) is 0.617. The highest BCUT2D eigenvalue weighted by molar-refractivity contribution is 14.1. The Morgan fingerprint density at radius 3 is 2.30 bits per heavy atom. The minimum atomic E-state index is -4.44. The second-order valence-electron chi connectivity index (χ2n) is 4.16. The van der Waals surface area contributed by atoms with Crippen LogP contribution in [0.25, 0.3) is 0 Å². The van der Waals surface area contributed by atoms with E-state index in [1.165, 1.54) is 12.1 Å². The molecule has 2 aromatic carbocycles. The Morgan fingerprint density at radius 2 is 1.70 bits per heavy atom. The summed E-state index contributed by atoms with van der Waals surface area (Å²) in [6.45, 7) is -0.157. The fourth-order valence-corrected chi connectivity index (χ4v) is 2.04. The van der Waals surface area contributed by atoms with E-state index >= 15 is 0 Å². The van der Waals surface area contributed by atoms with Gasteiger partial charge in [-0.3, -0.25) is 0 Å². The van der Waals surface area contributed by atoms with Crippen LogP contribution < -0.4 is 10.5 Å². The van der Waals surface area contributed by atoms with E-state index in [-0.39, 0.29) is 17.9 Å². The molecule has 20 heavy (non-hydrogen) atoms. The summed E-state index contributed by atoms with van der Waals surface area (Å²) < 4.78 is 45.1. The van der Waals surface area contributed by atoms with Gasteiger partial charge in [0.05, 0.1) is 5.56 Å². The number of hydrogen-bond acceptors (Lipinski definition) is 2. The molecule has 0 atom stereocenters. The summed E-state index contributed by atoms with van der Waals surface area (Å²) in [6.07, 6.45) is -4.44. The zero-order valence-electron chi connectivity index (χ0n) is 10.2. The Morgan fingerprint density at radius 1 is 1.05 bits per heavy atom. The standard InChI is InChI=1S/C14H11F3INO/c15-14(16,17)13-7-11(19)4-1-9(13)8-20-12-5-2-10(18)3-6-12/h1-7H,8,19H2. The van der Waals surface area contributed by atoms with Crippen LogP contribution in [0.1, 0.15) is 11.1 Å². The average Bonchev–Trinajstić information content (AvgIpc) is 2.38. The number of nitrogens with two attached hydrogens (primary N) is 1. The lowest BCUT2D eigenvalue weighted by molar-refractivity contribution is -0.138. The van der Waals surface area contributed by atoms with Crippen LogP contribution in [-0.2, 0) is 12.8 Å². The van der Waals surface area contributed by atoms with Crippen LogP contribution in [0, 0.1) is 3.57 Å². The Hall–Kier alpha value is -1.44. The van der Waals surface area contributed by atoms with E-state index in [9.17, 15) is 13.2 Å². The van der Waals surface area contributed by atoms with Gasteiger partial charge in [0.25, 0.3) is 0 Å². The third kappa shape index (κ3) is 3.78. The average molecular weight is 393 g/mol. The van der Waals surface area contributed by atoms with Crippen LogP contribution in [0.4, 0.5) is 18.9 Å². The summed E-state index contributed by atoms with van der Waals surface area (Å²) in [4.78, 5) is 0. The van der Waals surface area contributed by atoms with Gasteiger partial charge in [-0.15, -0.1) is 0 Å². The first-order valence-electron chi connectivity index (χ1n) is 5.70. The predicted molar refractivity (Wildman–Crippen MR) is 79.3 cm³/mol. The fraction of sp³-hybridized carbons (Fsp3) is 0.143. The second kappa shape index (κ2) is 5.90. The lowest BCUT2D eigenvalue weighted by atomic mass is 10.1. The molecule has 2 nitrogen and oxygen atoms in total. The molecule has 2 rings (SSSR count). The SMILES string of the molecule is Nc1ccc(COc2ccc(I)cc2)c(C(F)(F)F)c1. The van der Waals surface area contributed by atoms with Gasteiger partial charge >= 0.3 is 6.18 Å². The fourth-order valence-electron chi connectivity index (χ4n) is 1.68. The van der Waals surface area contributed by atoms with E-state index in [1.807, 2.05) is 12.1 Å². The number of hydrogen-bond donors (Lipinski definition) is 1. The third-order valence-corrected chi connectivity index (χ3v) is 3.37. The number of nitrogen functional groups attached to an aromatic ring is 1. The number of rotatable bonds is 3. The van der Waals surface area contributed by atoms with Crippen molar-refractivity contribution in [2.75, 3.05) is 5.73 Å². The number of halogens is 4. The number of anilines is 1. The Bertz CT molecular complexity index is 596. The molecule has 0 aliphatic rings. The van der Waals surface area contributed by atoms with E-state index in [4.69, 9.17) is 10.5 Å². The van der Waals surface area contributed by atoms with Gasteiger partial charge in [-0.1, -0.05) is 6.07 Å². The molecule has 106 valence electrons. The van der Waals surface area contributed by atoms with Crippen molar-refractivity contribution in [2.24, 2.45) is 0 Å². The van der Waals surface area contributed by atoms with Crippen LogP contribution in [-0.4, -0.2) is 0 Å². The van der Waals surface area contributed by atoms with Gasteiger partial charge in [-0.2, -0.15) is 13.2 Å². The lowest BCUT2D eigenvalue weighted by Gasteiger charge is -2.14. The highest BCUT2D eigenvalue weighted by atomic mass is 127. The largest absolute Gasteiger partial charge is 0.489 e. The van der Waals surface area contributed by atoms with Crippen LogP contribution in [0.5, 0.6) is 5.75 Å². The van der Waals surface area contributed by atoms with Crippen molar-refractivity contribution >= 4 is 28.3 Å². The summed E-state index contributed by atoms with van der Waals surface area (Å²) in [7, 11) is 0. The molecule has 0 amide bonds. The minimum Gasteiger partial charge on any atom is -0.489 e. The van der Waals surface area contributed by atoms with Gasteiger partial charge in [0.1, 0.15) is 12.4 Å². The maximum absolute atomic E-state index is 12.9. The third-order valence-electron chi connectivity index (χ3n) is 2.65. The first-order chi connectivity index (χ1) is 9.36. The van der Waals surface area contributed by atoms with Crippen molar-refractivity contribution in [2.45, 2.75) is 12.8 Å². The highest BCUT2D eigenvalue weighted by Gasteiger charge is 2.33. The molecule has 0 bridgehead atoms. The maximum Gasteiger partial charge on any atom is 0.416 e. The molecule has 0 radical (unpaired) electrons. The molecule has 0 saturated heterocycles. The monoisotopic (exact) mass is 393 g/mol. The first-order valence-corrected chi connectivity index (χ1v) is 6.78. The molecule has 0 heterocycles. The van der Waals surface area contributed by atoms with Crippen molar-refractivity contribution in [3.8, 4) is 5.75 Å². The van der Waals surface area contributed by atoms with E-state index in [2.05, 4.69) is 22.6 Å². The number of alkyl halides is 3. The molecule has 0 aromatic heterocycles. The molecule has 2 aromatic rings. The molecule has 0 spiro atoms. The van der Waals surface area contributed by atoms with E-state index in [0.29, 0.717) is 5.75 Å². The minimum absolute atomic E-state index is 0.0604. The van der Waals surface area contributed by atoms with Crippen LogP contribution in [0.15, 0.2) is 42.5 Å². The molecule has 0 unspecified atom stereocenters. The van der Waals surface area contributed by atoms with Crippen molar-refractivity contribution in [3.05, 3.63) is 57.2 Å². The zero-order chi connectivity index (χ0) is 14.8. The van der Waals surface area contributed by atoms with Crippen molar-refractivity contribution in [1.29, 1.82) is 0 Å². The van der Waals surface area contributed by atoms with Crippen LogP contribution in [0.2, 0.25) is 0 Å². The summed E-state index contributed by atoms with van der Waals surface area (Å²) in [6, 6.07) is 10.8. The number of benzene rings is 2. The van der Waals surface area contributed by atoms with Crippen molar-refractivity contribution in [3.63, 3.8) is 0 Å². The van der Waals surface area contributed by atoms with Gasteiger partial charge in [0.15, 0.2) is 0 Å². The zero-order valence-corrected chi connectivity index (χ0v) is 12.4. The summed E-state index contributed by atoms with van der Waals surface area (Å²) in [5.74, 6) is 0.523. The molecular weight excluding hydrogens is 382 g/mol. The Balaban J connectivity index is 2.19. The first kappa shape index (κ1) is 15.0. The van der Waals surface area contributed by atoms with Gasteiger partial charge < -0.3 is 10.5 Å². The Labute approximate surface area is 127 Å². The highest BCUT2D eigenvalue weighted by Crippen LogP contribution is 2.33. The van der Waals surface area contributed by atoms with E-state index in [0.717, 1.165) is 9.64 Å². The van der Waals surface area contributed by atoms with Gasteiger partial charge in [-0.05, 0) is 59.0 Å². The summed E-state index contributed by atoms with van der Waals surface area (Å²) in [5, 5.41) is 0. The smallest absolute Gasteiger partial charge is 0.416 e. The molecule has 0 saturated carbocycles. The van der Waals surface area contributed by atoms with Gasteiger partial charge in [0.2, 0.25) is 0 Å². The molecular formula is C14H11F3INO. The van der Waals surface area contributed by atoms with Gasteiger partial charge in [-0.25, -0.2) is 0 Å². The van der Waals surface area contributed by atoms with E-state index in [1.54, 1.807) is 12.1 Å². The Kier molecular flexibility index (Phi) is 4.42. The number of ether oxygens (including phenoxy) is 1. The van der Waals surface area contributed by atoms with Crippen LogP contribution in [0.3, 0.4) is 0 Å². The summed E-state index contributed by atoms with van der Waals surface area (Å²) >= 11 is 2.14. The normalized spacial score (nSPS) is 11.4. The summed E-state index contributed by atoms with van der Waals surface area (Å²) in [5.41, 5.74) is 4.78. The molecule has 2 N–H and O–H groups in total. The molecule has 6 heteroatoms. The molecule has 0 fully saturated rings. The molecule has 0 aliphatic carbocycles. The molecule has 0 aliphatic heterocycles. The van der Waals surface area contributed by atoms with Gasteiger partial charge in [0, 0.05) is 14.8 Å².